The minimum atomic E-state index is -3.41. The molecule has 0 atom stereocenters. The van der Waals surface area contributed by atoms with Gasteiger partial charge in [-0.1, -0.05) is 18.6 Å². The van der Waals surface area contributed by atoms with Gasteiger partial charge in [0.2, 0.25) is 10.0 Å². The van der Waals surface area contributed by atoms with Crippen LogP contribution in [0.25, 0.3) is 0 Å². The van der Waals surface area contributed by atoms with E-state index in [0.717, 1.165) is 37.9 Å². The molecule has 0 saturated carbocycles. The highest BCUT2D eigenvalue weighted by molar-refractivity contribution is 7.89. The number of aliphatic imine (C=N–C) groups is 1. The van der Waals surface area contributed by atoms with E-state index in [1.54, 1.807) is 22.5 Å². The third kappa shape index (κ3) is 4.48. The Bertz CT molecular complexity index is 663. The third-order valence-corrected chi connectivity index (χ3v) is 6.26. The van der Waals surface area contributed by atoms with E-state index < -0.39 is 10.0 Å². The fourth-order valence-corrected chi connectivity index (χ4v) is 4.47. The summed E-state index contributed by atoms with van der Waals surface area (Å²) in [5, 5.41) is 0. The number of rotatable bonds is 6. The van der Waals surface area contributed by atoms with Crippen molar-refractivity contribution in [3.8, 4) is 0 Å². The molecule has 6 nitrogen and oxygen atoms in total. The summed E-state index contributed by atoms with van der Waals surface area (Å²) in [5.74, 6) is 0.490. The van der Waals surface area contributed by atoms with E-state index in [4.69, 9.17) is 5.73 Å². The van der Waals surface area contributed by atoms with Crippen LogP contribution < -0.4 is 5.73 Å². The Hall–Kier alpha value is -1.60. The lowest BCUT2D eigenvalue weighted by Crippen LogP contribution is -2.37. The average Bonchev–Trinajstić information content (AvgIpc) is 2.62. The fourth-order valence-electron chi connectivity index (χ4n) is 2.88. The average molecular weight is 353 g/mol. The summed E-state index contributed by atoms with van der Waals surface area (Å²) in [7, 11) is -3.41. The van der Waals surface area contributed by atoms with Crippen LogP contribution in [-0.2, 0) is 16.6 Å². The van der Waals surface area contributed by atoms with Crippen molar-refractivity contribution in [2.45, 2.75) is 44.6 Å². The minimum absolute atomic E-state index is 0.346. The summed E-state index contributed by atoms with van der Waals surface area (Å²) in [6.45, 7) is 7.25. The Balaban J connectivity index is 2.15. The van der Waals surface area contributed by atoms with Gasteiger partial charge in [-0.15, -0.1) is 0 Å². The number of nitrogens with two attached hydrogens (primary N) is 1. The first-order valence-electron chi connectivity index (χ1n) is 8.63. The molecule has 2 rings (SSSR count). The highest BCUT2D eigenvalue weighted by Gasteiger charge is 2.25. The molecule has 1 aromatic rings. The Morgan fingerprint density at radius 3 is 2.50 bits per heavy atom. The van der Waals surface area contributed by atoms with Gasteiger partial charge in [0.05, 0.1) is 11.4 Å². The van der Waals surface area contributed by atoms with Gasteiger partial charge in [0, 0.05) is 26.2 Å². The third-order valence-electron chi connectivity index (χ3n) is 4.36. The maximum Gasteiger partial charge on any atom is 0.243 e. The normalized spacial score (nSPS) is 17.0. The van der Waals surface area contributed by atoms with Crippen molar-refractivity contribution in [1.29, 1.82) is 0 Å². The highest BCUT2D eigenvalue weighted by Crippen LogP contribution is 2.21. The minimum Gasteiger partial charge on any atom is -0.370 e. The molecule has 2 N–H and O–H groups in total. The summed E-state index contributed by atoms with van der Waals surface area (Å²) in [6, 6.07) is 7.03. The van der Waals surface area contributed by atoms with Crippen molar-refractivity contribution in [1.82, 2.24) is 9.21 Å². The van der Waals surface area contributed by atoms with Gasteiger partial charge in [-0.3, -0.25) is 0 Å². The lowest BCUT2D eigenvalue weighted by atomic mass is 10.2. The van der Waals surface area contributed by atoms with Crippen LogP contribution in [0.4, 0.5) is 0 Å². The first-order valence-corrected chi connectivity index (χ1v) is 10.1. The summed E-state index contributed by atoms with van der Waals surface area (Å²) < 4.78 is 27.1. The molecule has 0 amide bonds. The number of hydrogen-bond acceptors (Lipinski definition) is 3. The van der Waals surface area contributed by atoms with Gasteiger partial charge in [-0.25, -0.2) is 13.4 Å². The van der Waals surface area contributed by atoms with Crippen LogP contribution in [0.15, 0.2) is 34.2 Å². The molecule has 24 heavy (non-hydrogen) atoms. The molecule has 1 aliphatic heterocycles. The summed E-state index contributed by atoms with van der Waals surface area (Å²) in [5.41, 5.74) is 6.83. The van der Waals surface area contributed by atoms with Crippen LogP contribution >= 0.6 is 0 Å². The van der Waals surface area contributed by atoms with E-state index >= 15 is 0 Å². The lowest BCUT2D eigenvalue weighted by molar-refractivity contribution is 0.346. The lowest BCUT2D eigenvalue weighted by Gasteiger charge is -2.26. The molecule has 7 heteroatoms. The molecule has 0 bridgehead atoms. The molecule has 0 spiro atoms. The van der Waals surface area contributed by atoms with Crippen molar-refractivity contribution >= 4 is 16.0 Å². The van der Waals surface area contributed by atoms with Gasteiger partial charge in [-0.05, 0) is 44.4 Å². The number of guanidine groups is 1. The standard InChI is InChI=1S/C17H28N4O2S/c1-3-20(4-2)17(18)19-14-15-9-8-10-16(13-15)24(22,23)21-11-6-5-7-12-21/h8-10,13H,3-7,11-12,14H2,1-2H3,(H2,18,19). The zero-order valence-corrected chi connectivity index (χ0v) is 15.4. The largest absolute Gasteiger partial charge is 0.370 e. The monoisotopic (exact) mass is 352 g/mol. The Morgan fingerprint density at radius 2 is 1.88 bits per heavy atom. The molecule has 0 aromatic heterocycles. The Morgan fingerprint density at radius 1 is 1.21 bits per heavy atom. The SMILES string of the molecule is CCN(CC)C(N)=NCc1cccc(S(=O)(=O)N2CCCCC2)c1. The number of nitrogens with zero attached hydrogens (tertiary/aromatic N) is 3. The van der Waals surface area contributed by atoms with E-state index in [0.29, 0.717) is 30.5 Å². The molecule has 0 radical (unpaired) electrons. The maximum atomic E-state index is 12.7. The number of sulfonamides is 1. The second-order valence-electron chi connectivity index (χ2n) is 5.96. The topological polar surface area (TPSA) is 79.0 Å². The summed E-state index contributed by atoms with van der Waals surface area (Å²) >= 11 is 0. The van der Waals surface area contributed by atoms with Crippen molar-refractivity contribution in [3.63, 3.8) is 0 Å². The van der Waals surface area contributed by atoms with Crippen molar-refractivity contribution < 1.29 is 8.42 Å². The van der Waals surface area contributed by atoms with E-state index in [-0.39, 0.29) is 0 Å². The molecule has 1 heterocycles. The van der Waals surface area contributed by atoms with Gasteiger partial charge in [-0.2, -0.15) is 4.31 Å². The summed E-state index contributed by atoms with van der Waals surface area (Å²) in [6.07, 6.45) is 2.97. The zero-order valence-electron chi connectivity index (χ0n) is 14.6. The molecule has 1 aliphatic rings. The Kier molecular flexibility index (Phi) is 6.62. The molecule has 134 valence electrons. The molecule has 0 aliphatic carbocycles. The van der Waals surface area contributed by atoms with Gasteiger partial charge < -0.3 is 10.6 Å². The van der Waals surface area contributed by atoms with E-state index in [1.165, 1.54) is 0 Å². The van der Waals surface area contributed by atoms with Crippen LogP contribution in [0.3, 0.4) is 0 Å². The fraction of sp³-hybridized carbons (Fsp3) is 0.588. The van der Waals surface area contributed by atoms with Crippen molar-refractivity contribution in [2.24, 2.45) is 10.7 Å². The molecule has 1 saturated heterocycles. The second-order valence-corrected chi connectivity index (χ2v) is 7.90. The Labute approximate surface area is 145 Å². The predicted molar refractivity (Wildman–Crippen MR) is 97.3 cm³/mol. The predicted octanol–water partition coefficient (Wildman–Crippen LogP) is 2.02. The quantitative estimate of drug-likeness (QED) is 0.627. The maximum absolute atomic E-state index is 12.7. The first-order chi connectivity index (χ1) is 11.5. The van der Waals surface area contributed by atoms with Crippen molar-refractivity contribution in [2.75, 3.05) is 26.2 Å². The second kappa shape index (κ2) is 8.48. The number of benzene rings is 1. The van der Waals surface area contributed by atoms with Gasteiger partial charge in [0.1, 0.15) is 0 Å². The summed E-state index contributed by atoms with van der Waals surface area (Å²) in [4.78, 5) is 6.70. The van der Waals surface area contributed by atoms with Crippen LogP contribution in [-0.4, -0.2) is 49.8 Å². The van der Waals surface area contributed by atoms with Crippen LogP contribution in [0, 0.1) is 0 Å². The molecule has 1 aromatic carbocycles. The smallest absolute Gasteiger partial charge is 0.243 e. The zero-order chi connectivity index (χ0) is 17.6. The van der Waals surface area contributed by atoms with Gasteiger partial charge in [0.25, 0.3) is 0 Å². The van der Waals surface area contributed by atoms with Gasteiger partial charge >= 0.3 is 0 Å². The van der Waals surface area contributed by atoms with E-state index in [2.05, 4.69) is 4.99 Å². The molecular weight excluding hydrogens is 324 g/mol. The molecular formula is C17H28N4O2S. The van der Waals surface area contributed by atoms with E-state index in [1.807, 2.05) is 24.8 Å². The van der Waals surface area contributed by atoms with Gasteiger partial charge in [0.15, 0.2) is 5.96 Å². The highest BCUT2D eigenvalue weighted by atomic mass is 32.2. The van der Waals surface area contributed by atoms with Crippen molar-refractivity contribution in [3.05, 3.63) is 29.8 Å². The van der Waals surface area contributed by atoms with E-state index in [9.17, 15) is 8.42 Å². The van der Waals surface area contributed by atoms with Crippen LogP contribution in [0.2, 0.25) is 0 Å². The molecule has 0 unspecified atom stereocenters. The first kappa shape index (κ1) is 18.7. The molecule has 1 fully saturated rings. The number of piperidine rings is 1. The number of hydrogen-bond donors (Lipinski definition) is 1. The van der Waals surface area contributed by atoms with Crippen LogP contribution in [0.5, 0.6) is 0 Å². The van der Waals surface area contributed by atoms with Crippen LogP contribution in [0.1, 0.15) is 38.7 Å².